The zero-order valence-corrected chi connectivity index (χ0v) is 13.7. The van der Waals surface area contributed by atoms with Crippen molar-refractivity contribution >= 4 is 37.5 Å². The number of nitrogens with zero attached hydrogens (tertiary/aromatic N) is 1. The van der Waals surface area contributed by atoms with Crippen LogP contribution in [0.5, 0.6) is 0 Å². The molecule has 1 aromatic carbocycles. The van der Waals surface area contributed by atoms with Crippen LogP contribution in [0.1, 0.15) is 29.1 Å². The van der Waals surface area contributed by atoms with Crippen LogP contribution >= 0.6 is 22.6 Å². The molecular weight excluding hydrogens is 403 g/mol. The monoisotopic (exact) mass is 415 g/mol. The Hall–Kier alpha value is -0.770. The van der Waals surface area contributed by atoms with Crippen LogP contribution in [0.3, 0.4) is 0 Å². The van der Waals surface area contributed by atoms with Gasteiger partial charge in [-0.2, -0.15) is 0 Å². The minimum absolute atomic E-state index is 0.0743. The number of halogens is 3. The highest BCUT2D eigenvalue weighted by molar-refractivity contribution is 14.1. The number of oxime groups is 1. The zero-order valence-electron chi connectivity index (χ0n) is 10.7. The van der Waals surface area contributed by atoms with Crippen molar-refractivity contribution in [2.24, 2.45) is 5.16 Å². The summed E-state index contributed by atoms with van der Waals surface area (Å²) in [6.45, 7) is 3.37. The van der Waals surface area contributed by atoms with E-state index < -0.39 is 35.9 Å². The van der Waals surface area contributed by atoms with Gasteiger partial charge in [-0.15, -0.1) is 0 Å². The fourth-order valence-corrected chi connectivity index (χ4v) is 4.70. The molecule has 0 saturated heterocycles. The normalized spacial score (nSPS) is 19.4. The highest BCUT2D eigenvalue weighted by Gasteiger charge is 2.41. The number of sulfone groups is 1. The summed E-state index contributed by atoms with van der Waals surface area (Å²) in [5, 5.41) is 3.35. The lowest BCUT2D eigenvalue weighted by molar-refractivity contribution is 0.0123. The first-order valence-corrected chi connectivity index (χ1v) is 8.51. The molecule has 0 radical (unpaired) electrons. The summed E-state index contributed by atoms with van der Waals surface area (Å²) in [6.07, 6.45) is 0.0743. The van der Waals surface area contributed by atoms with E-state index in [0.717, 1.165) is 12.1 Å². The molecule has 0 aromatic heterocycles. The summed E-state index contributed by atoms with van der Waals surface area (Å²) in [5.74, 6) is -1.79. The van der Waals surface area contributed by atoms with Crippen LogP contribution in [0, 0.1) is 11.6 Å². The maximum Gasteiger partial charge on any atom is 0.211 e. The van der Waals surface area contributed by atoms with Crippen molar-refractivity contribution in [1.82, 2.24) is 0 Å². The van der Waals surface area contributed by atoms with Gasteiger partial charge in [0.25, 0.3) is 0 Å². The fraction of sp³-hybridized carbons (Fsp3) is 0.417. The van der Waals surface area contributed by atoms with Gasteiger partial charge < -0.3 is 4.84 Å². The summed E-state index contributed by atoms with van der Waals surface area (Å²) >= 11 is 1.50. The third kappa shape index (κ3) is 2.80. The van der Waals surface area contributed by atoms with Crippen LogP contribution < -0.4 is 0 Å². The minimum Gasteiger partial charge on any atom is -0.389 e. The topological polar surface area (TPSA) is 55.7 Å². The lowest BCUT2D eigenvalue weighted by atomic mass is 10.1. The Morgan fingerprint density at radius 2 is 1.90 bits per heavy atom. The smallest absolute Gasteiger partial charge is 0.211 e. The van der Waals surface area contributed by atoms with Crippen LogP contribution in [0.15, 0.2) is 23.4 Å². The van der Waals surface area contributed by atoms with Crippen molar-refractivity contribution < 1.29 is 22.0 Å². The molecule has 0 saturated carbocycles. The molecule has 110 valence electrons. The van der Waals surface area contributed by atoms with Gasteiger partial charge in [0.05, 0.1) is 5.56 Å². The molecule has 0 bridgehead atoms. The van der Waals surface area contributed by atoms with Crippen LogP contribution in [0.2, 0.25) is 0 Å². The average Bonchev–Trinajstić information content (AvgIpc) is 2.70. The van der Waals surface area contributed by atoms with Gasteiger partial charge in [-0.25, -0.2) is 17.2 Å². The van der Waals surface area contributed by atoms with Gasteiger partial charge in [0.1, 0.15) is 20.5 Å². The van der Waals surface area contributed by atoms with Gasteiger partial charge in [0.2, 0.25) is 9.84 Å². The quantitative estimate of drug-likeness (QED) is 0.550. The maximum atomic E-state index is 13.7. The SMILES string of the molecule is CC1(C)CC(S(=O)(=O)C(I)c2c(F)cccc2F)=NO1. The molecule has 8 heteroatoms. The second kappa shape index (κ2) is 5.21. The number of hydrogen-bond acceptors (Lipinski definition) is 4. The predicted octanol–water partition coefficient (Wildman–Crippen LogP) is 3.33. The Kier molecular flexibility index (Phi) is 4.07. The van der Waals surface area contributed by atoms with Crippen LogP contribution in [0.4, 0.5) is 8.78 Å². The molecule has 1 aliphatic heterocycles. The molecule has 0 fully saturated rings. The highest BCUT2D eigenvalue weighted by Crippen LogP contribution is 2.37. The molecule has 0 spiro atoms. The van der Waals surface area contributed by atoms with E-state index in [2.05, 4.69) is 5.16 Å². The molecule has 1 heterocycles. The van der Waals surface area contributed by atoms with E-state index in [9.17, 15) is 17.2 Å². The molecule has 0 amide bonds. The van der Waals surface area contributed by atoms with Gasteiger partial charge >= 0.3 is 0 Å². The molecule has 1 aliphatic rings. The minimum atomic E-state index is -3.98. The molecule has 0 aliphatic carbocycles. The number of hydrogen-bond donors (Lipinski definition) is 0. The summed E-state index contributed by atoms with van der Waals surface area (Å²) in [4.78, 5) is 5.00. The Bertz CT molecular complexity index is 653. The van der Waals surface area contributed by atoms with Crippen molar-refractivity contribution in [3.05, 3.63) is 35.4 Å². The summed E-state index contributed by atoms with van der Waals surface area (Å²) in [6, 6.07) is 3.23. The highest BCUT2D eigenvalue weighted by atomic mass is 127. The number of alkyl halides is 1. The first-order chi connectivity index (χ1) is 9.15. The van der Waals surface area contributed by atoms with Gasteiger partial charge in [0.15, 0.2) is 5.04 Å². The van der Waals surface area contributed by atoms with Crippen LogP contribution in [-0.2, 0) is 14.7 Å². The molecule has 1 atom stereocenters. The van der Waals surface area contributed by atoms with E-state index in [-0.39, 0.29) is 11.5 Å². The fourth-order valence-electron chi connectivity index (χ4n) is 1.76. The standard InChI is InChI=1S/C12H12F2INO3S/c1-12(2)6-9(16-19-12)20(17,18)11(15)10-7(13)4-3-5-8(10)14/h3-5,11H,6H2,1-2H3. The molecular formula is C12H12F2INO3S. The van der Waals surface area contributed by atoms with Crippen LogP contribution in [0.25, 0.3) is 0 Å². The first-order valence-electron chi connectivity index (χ1n) is 5.72. The third-order valence-electron chi connectivity index (χ3n) is 2.80. The van der Waals surface area contributed by atoms with Crippen molar-refractivity contribution in [3.8, 4) is 0 Å². The van der Waals surface area contributed by atoms with E-state index in [0.29, 0.717) is 0 Å². The largest absolute Gasteiger partial charge is 0.389 e. The van der Waals surface area contributed by atoms with Crippen molar-refractivity contribution in [2.45, 2.75) is 29.1 Å². The lowest BCUT2D eigenvalue weighted by Gasteiger charge is -2.15. The van der Waals surface area contributed by atoms with Crippen molar-refractivity contribution in [1.29, 1.82) is 0 Å². The maximum absolute atomic E-state index is 13.7. The van der Waals surface area contributed by atoms with Crippen molar-refractivity contribution in [2.75, 3.05) is 0 Å². The second-order valence-corrected chi connectivity index (χ2v) is 9.13. The van der Waals surface area contributed by atoms with E-state index >= 15 is 0 Å². The van der Waals surface area contributed by atoms with Crippen molar-refractivity contribution in [3.63, 3.8) is 0 Å². The summed E-state index contributed by atoms with van der Waals surface area (Å²) in [5.41, 5.74) is -1.22. The van der Waals surface area contributed by atoms with Gasteiger partial charge in [-0.05, 0) is 26.0 Å². The zero-order chi connectivity index (χ0) is 15.1. The molecule has 1 unspecified atom stereocenters. The summed E-state index contributed by atoms with van der Waals surface area (Å²) < 4.78 is 50.7. The third-order valence-corrected chi connectivity index (χ3v) is 7.09. The molecule has 0 N–H and O–H groups in total. The van der Waals surface area contributed by atoms with E-state index in [1.807, 2.05) is 0 Å². The Morgan fingerprint density at radius 3 is 2.35 bits per heavy atom. The molecule has 2 rings (SSSR count). The summed E-state index contributed by atoms with van der Waals surface area (Å²) in [7, 11) is -3.98. The second-order valence-electron chi connectivity index (χ2n) is 5.01. The van der Waals surface area contributed by atoms with E-state index in [1.54, 1.807) is 13.8 Å². The Labute approximate surface area is 129 Å². The molecule has 1 aromatic rings. The van der Waals surface area contributed by atoms with Gasteiger partial charge in [0, 0.05) is 6.42 Å². The average molecular weight is 415 g/mol. The first kappa shape index (κ1) is 15.6. The van der Waals surface area contributed by atoms with Gasteiger partial charge in [-0.3, -0.25) is 0 Å². The van der Waals surface area contributed by atoms with E-state index in [1.165, 1.54) is 28.7 Å². The molecule has 20 heavy (non-hydrogen) atoms. The predicted molar refractivity (Wildman–Crippen MR) is 79.3 cm³/mol. The number of benzene rings is 1. The van der Waals surface area contributed by atoms with Crippen LogP contribution in [-0.4, -0.2) is 19.1 Å². The Morgan fingerprint density at radius 1 is 1.35 bits per heavy atom. The van der Waals surface area contributed by atoms with Gasteiger partial charge in [-0.1, -0.05) is 33.8 Å². The molecule has 4 nitrogen and oxygen atoms in total. The lowest BCUT2D eigenvalue weighted by Crippen LogP contribution is -2.25. The Balaban J connectivity index is 2.41. The number of rotatable bonds is 2. The van der Waals surface area contributed by atoms with E-state index in [4.69, 9.17) is 4.84 Å².